The van der Waals surface area contributed by atoms with Crippen molar-refractivity contribution < 1.29 is 22.7 Å². The smallest absolute Gasteiger partial charge is 0.406 e. The minimum atomic E-state index is -4.71. The van der Waals surface area contributed by atoms with Crippen molar-refractivity contribution >= 4 is 11.7 Å². The topological polar surface area (TPSA) is 107 Å². The second-order valence-corrected chi connectivity index (χ2v) is 7.32. The van der Waals surface area contributed by atoms with Crippen LogP contribution in [0.3, 0.4) is 0 Å². The molecule has 12 heteroatoms. The van der Waals surface area contributed by atoms with Gasteiger partial charge in [-0.15, -0.1) is 23.4 Å². The van der Waals surface area contributed by atoms with Crippen LogP contribution in [0.2, 0.25) is 0 Å². The number of amides is 1. The highest BCUT2D eigenvalue weighted by Crippen LogP contribution is 2.23. The van der Waals surface area contributed by atoms with Crippen LogP contribution in [0.15, 0.2) is 42.6 Å². The van der Waals surface area contributed by atoms with E-state index < -0.39 is 6.36 Å². The molecular weight excluding hydrogens is 439 g/mol. The van der Waals surface area contributed by atoms with Crippen molar-refractivity contribution in [2.75, 3.05) is 5.32 Å². The fraction of sp³-hybridized carbons (Fsp3) is 0.381. The highest BCUT2D eigenvalue weighted by Gasteiger charge is 2.31. The number of aromatic nitrogens is 5. The average molecular weight is 463 g/mol. The predicted molar refractivity (Wildman–Crippen MR) is 113 cm³/mol. The molecular formula is C21H24F3N7O2. The van der Waals surface area contributed by atoms with E-state index >= 15 is 0 Å². The third-order valence-corrected chi connectivity index (χ3v) is 4.45. The van der Waals surface area contributed by atoms with Gasteiger partial charge in [-0.05, 0) is 49.1 Å². The lowest BCUT2D eigenvalue weighted by molar-refractivity contribution is -0.274. The van der Waals surface area contributed by atoms with Gasteiger partial charge in [-0.2, -0.15) is 5.10 Å². The first-order chi connectivity index (χ1) is 15.8. The average Bonchev–Trinajstić information content (AvgIpc) is 3.19. The maximum absolute atomic E-state index is 12.3. The van der Waals surface area contributed by atoms with E-state index in [2.05, 4.69) is 35.9 Å². The summed E-state index contributed by atoms with van der Waals surface area (Å²) in [6.45, 7) is 2.91. The summed E-state index contributed by atoms with van der Waals surface area (Å²) in [7, 11) is 0. The first-order valence-corrected chi connectivity index (χ1v) is 10.3. The maximum Gasteiger partial charge on any atom is 0.573 e. The molecule has 0 aliphatic rings. The monoisotopic (exact) mass is 463 g/mol. The summed E-state index contributed by atoms with van der Waals surface area (Å²) in [6.07, 6.45) is -0.364. The molecule has 0 fully saturated rings. The molecule has 1 aromatic carbocycles. The van der Waals surface area contributed by atoms with Gasteiger partial charge in [-0.25, -0.2) is 0 Å². The minimum absolute atomic E-state index is 0.191. The van der Waals surface area contributed by atoms with Gasteiger partial charge in [0.1, 0.15) is 5.75 Å². The summed E-state index contributed by atoms with van der Waals surface area (Å²) in [5, 5.41) is 22.0. The van der Waals surface area contributed by atoms with Crippen molar-refractivity contribution in [3.8, 4) is 5.75 Å². The van der Waals surface area contributed by atoms with Crippen molar-refractivity contribution in [3.63, 3.8) is 0 Å². The van der Waals surface area contributed by atoms with E-state index in [1.807, 2.05) is 12.3 Å². The van der Waals surface area contributed by atoms with Crippen LogP contribution in [0.25, 0.3) is 0 Å². The molecule has 176 valence electrons. The van der Waals surface area contributed by atoms with E-state index in [-0.39, 0.29) is 11.7 Å². The Balaban J connectivity index is 1.35. The third-order valence-electron chi connectivity index (χ3n) is 4.45. The van der Waals surface area contributed by atoms with Crippen LogP contribution in [0, 0.1) is 0 Å². The molecule has 0 atom stereocenters. The van der Waals surface area contributed by atoms with Crippen molar-refractivity contribution in [1.82, 2.24) is 30.5 Å². The third kappa shape index (κ3) is 8.85. The normalized spacial score (nSPS) is 11.4. The van der Waals surface area contributed by atoms with Crippen LogP contribution < -0.4 is 15.4 Å². The molecule has 0 radical (unpaired) electrons. The second kappa shape index (κ2) is 11.4. The quantitative estimate of drug-likeness (QED) is 0.421. The van der Waals surface area contributed by atoms with Crippen molar-refractivity contribution in [2.24, 2.45) is 0 Å². The lowest BCUT2D eigenvalue weighted by atomic mass is 10.2. The highest BCUT2D eigenvalue weighted by atomic mass is 19.4. The van der Waals surface area contributed by atoms with Crippen LogP contribution in [-0.2, 0) is 30.8 Å². The van der Waals surface area contributed by atoms with Crippen LogP contribution >= 0.6 is 0 Å². The van der Waals surface area contributed by atoms with Crippen LogP contribution in [0.1, 0.15) is 36.7 Å². The number of nitrogens with zero attached hydrogens (tertiary/aromatic N) is 5. The van der Waals surface area contributed by atoms with Gasteiger partial charge in [0, 0.05) is 32.8 Å². The van der Waals surface area contributed by atoms with E-state index in [1.54, 1.807) is 16.8 Å². The highest BCUT2D eigenvalue weighted by molar-refractivity contribution is 5.87. The summed E-state index contributed by atoms with van der Waals surface area (Å²) >= 11 is 0. The zero-order chi connectivity index (χ0) is 23.7. The summed E-state index contributed by atoms with van der Waals surface area (Å²) in [4.78, 5) is 11.0. The summed E-state index contributed by atoms with van der Waals surface area (Å²) in [5.74, 6) is -0.0102. The number of aryl methyl sites for hydroxylation is 2. The number of nitrogens with one attached hydrogen (secondary N) is 2. The molecule has 9 nitrogen and oxygen atoms in total. The Morgan fingerprint density at radius 3 is 2.64 bits per heavy atom. The maximum atomic E-state index is 12.3. The number of anilines is 1. The first-order valence-electron chi connectivity index (χ1n) is 10.3. The number of ether oxygens (including phenoxy) is 1. The second-order valence-electron chi connectivity index (χ2n) is 7.32. The number of halogens is 3. The van der Waals surface area contributed by atoms with E-state index in [4.69, 9.17) is 0 Å². The largest absolute Gasteiger partial charge is 0.573 e. The fourth-order valence-electron chi connectivity index (χ4n) is 3.04. The number of hydrogen-bond acceptors (Lipinski definition) is 7. The van der Waals surface area contributed by atoms with Gasteiger partial charge in [-0.3, -0.25) is 9.48 Å². The Morgan fingerprint density at radius 1 is 1.06 bits per heavy atom. The molecule has 0 saturated carbocycles. The molecule has 1 amide bonds. The number of benzene rings is 1. The Hall–Kier alpha value is -3.54. The van der Waals surface area contributed by atoms with E-state index in [9.17, 15) is 18.0 Å². The molecule has 0 aliphatic heterocycles. The Bertz CT molecular complexity index is 1040. The van der Waals surface area contributed by atoms with E-state index in [1.165, 1.54) is 25.1 Å². The molecule has 3 aromatic rings. The molecule has 0 bridgehead atoms. The SMILES string of the molecule is CC(=O)Nc1ccc(CCCCn2cc(CNCc3cccc(OC(F)(F)F)c3)nn2)nn1. The Morgan fingerprint density at radius 2 is 1.91 bits per heavy atom. The number of rotatable bonds is 11. The van der Waals surface area contributed by atoms with Gasteiger partial charge in [0.25, 0.3) is 0 Å². The molecule has 0 unspecified atom stereocenters. The zero-order valence-corrected chi connectivity index (χ0v) is 18.0. The number of unbranched alkanes of at least 4 members (excludes halogenated alkanes) is 1. The Labute approximate surface area is 188 Å². The standard InChI is InChI=1S/C21H24F3N7O2/c1-15(32)26-20-9-8-17(27-29-20)6-2-3-10-31-14-18(28-30-31)13-25-12-16-5-4-7-19(11-16)33-21(22,23)24/h4-5,7-9,11,14,25H,2-3,6,10,12-13H2,1H3,(H,26,29,32). The summed E-state index contributed by atoms with van der Waals surface area (Å²) in [5.41, 5.74) is 2.24. The van der Waals surface area contributed by atoms with Crippen LogP contribution in [0.5, 0.6) is 5.75 Å². The number of alkyl halides is 3. The van der Waals surface area contributed by atoms with E-state index in [0.717, 1.165) is 30.7 Å². The molecule has 3 rings (SSSR count). The summed E-state index contributed by atoms with van der Waals surface area (Å²) < 4.78 is 42.7. The predicted octanol–water partition coefficient (Wildman–Crippen LogP) is 3.24. The van der Waals surface area contributed by atoms with Gasteiger partial charge in [-0.1, -0.05) is 17.3 Å². The van der Waals surface area contributed by atoms with Crippen molar-refractivity contribution in [1.29, 1.82) is 0 Å². The molecule has 2 N–H and O–H groups in total. The van der Waals surface area contributed by atoms with Crippen molar-refractivity contribution in [3.05, 3.63) is 59.5 Å². The lowest BCUT2D eigenvalue weighted by Gasteiger charge is -2.10. The zero-order valence-electron chi connectivity index (χ0n) is 18.0. The molecule has 2 aromatic heterocycles. The molecule has 0 saturated heterocycles. The molecule has 2 heterocycles. The van der Waals surface area contributed by atoms with Gasteiger partial charge >= 0.3 is 6.36 Å². The molecule has 33 heavy (non-hydrogen) atoms. The number of carbonyl (C=O) groups is 1. The lowest BCUT2D eigenvalue weighted by Crippen LogP contribution is -2.17. The van der Waals surface area contributed by atoms with Crippen LogP contribution in [0.4, 0.5) is 19.0 Å². The van der Waals surface area contributed by atoms with Crippen molar-refractivity contribution in [2.45, 2.75) is 52.2 Å². The van der Waals surface area contributed by atoms with Gasteiger partial charge in [0.05, 0.1) is 11.4 Å². The summed E-state index contributed by atoms with van der Waals surface area (Å²) in [6, 6.07) is 9.38. The Kier molecular flexibility index (Phi) is 8.30. The van der Waals surface area contributed by atoms with Gasteiger partial charge in [0.15, 0.2) is 5.82 Å². The molecule has 0 aliphatic carbocycles. The van der Waals surface area contributed by atoms with Gasteiger partial charge < -0.3 is 15.4 Å². The van der Waals surface area contributed by atoms with Crippen LogP contribution in [-0.4, -0.2) is 37.5 Å². The minimum Gasteiger partial charge on any atom is -0.406 e. The number of hydrogen-bond donors (Lipinski definition) is 2. The fourth-order valence-corrected chi connectivity index (χ4v) is 3.04. The van der Waals surface area contributed by atoms with E-state index in [0.29, 0.717) is 31.0 Å². The first kappa shape index (κ1) is 24.1. The van der Waals surface area contributed by atoms with Gasteiger partial charge in [0.2, 0.25) is 5.91 Å². The number of carbonyl (C=O) groups excluding carboxylic acids is 1. The molecule has 0 spiro atoms.